The van der Waals surface area contributed by atoms with E-state index in [1.54, 1.807) is 0 Å². The predicted octanol–water partition coefficient (Wildman–Crippen LogP) is 3.04. The lowest BCUT2D eigenvalue weighted by Crippen LogP contribution is -2.46. The molecule has 22 nitrogen and oxygen atoms in total. The first-order valence-corrected chi connectivity index (χ1v) is 40.3. The van der Waals surface area contributed by atoms with Crippen LogP contribution in [-0.2, 0) is 25.7 Å². The Morgan fingerprint density at radius 2 is 0.538 bits per heavy atom. The minimum atomic E-state index is -1.94. The number of aliphatic carboxylic acids is 1. The van der Waals surface area contributed by atoms with Crippen molar-refractivity contribution >= 4 is 214 Å². The summed E-state index contributed by atoms with van der Waals surface area (Å²) in [6, 6.07) is 0. The van der Waals surface area contributed by atoms with Crippen molar-refractivity contribution in [2.24, 2.45) is 0 Å². The molecule has 0 fully saturated rings. The molecule has 0 saturated carbocycles. The van der Waals surface area contributed by atoms with Gasteiger partial charge in [-0.25, -0.2) is 4.79 Å². The van der Waals surface area contributed by atoms with Crippen LogP contribution >= 0.6 is 208 Å². The number of carboxylic acids is 1. The van der Waals surface area contributed by atoms with Gasteiger partial charge in [-0.15, -0.1) is 0 Å². The van der Waals surface area contributed by atoms with Gasteiger partial charge in [-0.2, -0.15) is 0 Å². The Kier molecular flexibility index (Phi) is 48.7. The molecule has 0 bridgehead atoms. The molecular formula is C23H46O22S20. The average Bonchev–Trinajstić information content (AvgIpc) is 3.31. The summed E-state index contributed by atoms with van der Waals surface area (Å²) in [5, 5.41) is 155. The van der Waals surface area contributed by atoms with Crippen LogP contribution < -0.4 is 0 Å². The van der Waals surface area contributed by atoms with Crippen molar-refractivity contribution in [2.75, 3.05) is 66.1 Å². The number of hydrogen-bond donors (Lipinski definition) is 16. The molecule has 0 rings (SSSR count). The summed E-state index contributed by atoms with van der Waals surface area (Å²) in [6.07, 6.45) is -14.4. The predicted molar refractivity (Wildman–Crippen MR) is 290 cm³/mol. The smallest absolute Gasteiger partial charge is 0.335 e. The van der Waals surface area contributed by atoms with E-state index >= 15 is 0 Å². The molecule has 0 amide bonds. The topological polar surface area (TPSA) is 387 Å². The van der Waals surface area contributed by atoms with Crippen molar-refractivity contribution in [3.63, 3.8) is 0 Å². The third-order valence-corrected chi connectivity index (χ3v) is 40.1. The number of rotatable bonds is 47. The summed E-state index contributed by atoms with van der Waals surface area (Å²) >= 11 is 3.84. The van der Waals surface area contributed by atoms with Gasteiger partial charge in [0.1, 0.15) is 61.0 Å². The van der Waals surface area contributed by atoms with Gasteiger partial charge in [0.05, 0.1) is 121 Å². The van der Waals surface area contributed by atoms with Crippen LogP contribution in [0.1, 0.15) is 0 Å². The highest BCUT2D eigenvalue weighted by molar-refractivity contribution is 9.33. The Hall–Kier alpha value is 5.67. The van der Waals surface area contributed by atoms with Crippen LogP contribution in [0.2, 0.25) is 0 Å². The van der Waals surface area contributed by atoms with Crippen LogP contribution in [0, 0.1) is 0 Å². The second kappa shape index (κ2) is 44.8. The van der Waals surface area contributed by atoms with Gasteiger partial charge in [0.2, 0.25) is 4.08 Å². The van der Waals surface area contributed by atoms with Gasteiger partial charge >= 0.3 is 5.97 Å². The van der Waals surface area contributed by atoms with Gasteiger partial charge in [-0.1, -0.05) is 0 Å². The van der Waals surface area contributed by atoms with Crippen LogP contribution in [0.5, 0.6) is 0 Å². The standard InChI is InChI=1S/C23H46O22S20/c24-1-11(29)16(34)6-41-51-61-56-46-22(21(39)40,47-57-62-52-42-7-17(35)12(30)2-25)23(48-58-63-53-43-8-18(36)13(31)3-26,49-59-64-54-44-9-19(37)14(32)4-27)50-60-65-55-45-10-20(38)15(33)5-28/h11-20,24-38H,1-10H2,(H,39,40)/t11-,12-,13-,14-,15-,16+,17+,18+,19+,20+/m1/s1. The lowest BCUT2D eigenvalue weighted by Gasteiger charge is -2.41. The zero-order valence-electron chi connectivity index (χ0n) is 32.1. The Balaban J connectivity index is 6.76. The van der Waals surface area contributed by atoms with Gasteiger partial charge in [0.15, 0.2) is 3.41 Å². The lowest BCUT2D eigenvalue weighted by molar-refractivity contribution is -0.137. The Morgan fingerprint density at radius 3 is 0.723 bits per heavy atom. The maximum atomic E-state index is 13.9. The zero-order chi connectivity index (χ0) is 49.1. The molecule has 390 valence electrons. The van der Waals surface area contributed by atoms with Crippen molar-refractivity contribution in [1.29, 1.82) is 0 Å². The molecule has 42 heteroatoms. The first kappa shape index (κ1) is 70.7. The number of carboxylic acid groups (broad SMARTS) is 1. The van der Waals surface area contributed by atoms with E-state index in [4.69, 9.17) is 46.4 Å². The molecule has 0 spiro atoms. The fraction of sp³-hybridized carbons (Fsp3) is 0.957. The van der Waals surface area contributed by atoms with Gasteiger partial charge in [-0.3, -0.25) is 0 Å². The second-order valence-corrected chi connectivity index (χ2v) is 39.9. The van der Waals surface area contributed by atoms with Gasteiger partial charge in [-0.05, 0) is 103 Å². The minimum Gasteiger partial charge on any atom is -0.479 e. The molecule has 0 unspecified atom stereocenters. The normalized spacial score (nSPS) is 17.3. The summed E-state index contributed by atoms with van der Waals surface area (Å²) < 4.78 is 23.3. The van der Waals surface area contributed by atoms with E-state index < -0.39 is 108 Å². The maximum absolute atomic E-state index is 13.9. The molecule has 10 atom stereocenters. The van der Waals surface area contributed by atoms with E-state index in [9.17, 15) is 61.0 Å². The van der Waals surface area contributed by atoms with E-state index in [-0.39, 0.29) is 33.0 Å². The Morgan fingerprint density at radius 1 is 0.338 bits per heavy atom. The highest BCUT2D eigenvalue weighted by atomic mass is 33.7. The highest BCUT2D eigenvalue weighted by Crippen LogP contribution is 2.78. The molecule has 0 aromatic heterocycles. The van der Waals surface area contributed by atoms with E-state index in [1.807, 2.05) is 0 Å². The fourth-order valence-electron chi connectivity index (χ4n) is 2.63. The van der Waals surface area contributed by atoms with E-state index in [2.05, 4.69) is 0 Å². The Labute approximate surface area is 450 Å². The fourth-order valence-corrected chi connectivity index (χ4v) is 40.2. The summed E-state index contributed by atoms with van der Waals surface area (Å²) in [7, 11) is 14.9. The van der Waals surface area contributed by atoms with Crippen LogP contribution in [0.25, 0.3) is 0 Å². The largest absolute Gasteiger partial charge is 0.479 e. The molecule has 0 saturated heterocycles. The molecule has 0 aromatic carbocycles. The molecule has 0 aliphatic heterocycles. The van der Waals surface area contributed by atoms with Gasteiger partial charge in [0, 0.05) is 49.1 Å². The van der Waals surface area contributed by atoms with Crippen molar-refractivity contribution < 1.29 is 107 Å². The molecule has 16 N–H and O–H groups in total. The SMILES string of the molecule is O=C(O)C(SSSSOC[C@H](O)[C@H](O)CO)(SSSSOC[C@H](O)[C@H](O)CO)C(SSSSOC[C@H](O)[C@H](O)CO)(SSSSOC[C@H](O)[C@H](O)CO)SSSSOC[C@H](O)[C@H](O)CO. The number of carbonyl (C=O) groups is 1. The zero-order valence-corrected chi connectivity index (χ0v) is 48.4. The van der Waals surface area contributed by atoms with Gasteiger partial charge in [0.25, 0.3) is 0 Å². The average molecular weight is 1320 g/mol. The second-order valence-electron chi connectivity index (χ2n) is 10.9. The van der Waals surface area contributed by atoms with Crippen LogP contribution in [-0.4, -0.2) is 222 Å². The van der Waals surface area contributed by atoms with Crippen LogP contribution in [0.3, 0.4) is 0 Å². The Bertz CT molecular complexity index is 1060. The molecule has 0 aliphatic carbocycles. The summed E-state index contributed by atoms with van der Waals surface area (Å²) in [6.45, 7) is -5.48. The molecule has 0 heterocycles. The lowest BCUT2D eigenvalue weighted by atomic mass is 10.2. The van der Waals surface area contributed by atoms with Gasteiger partial charge < -0.3 is 103 Å². The number of hydrogen-bond acceptors (Lipinski definition) is 41. The molecule has 0 aliphatic rings. The van der Waals surface area contributed by atoms with Crippen LogP contribution in [0.4, 0.5) is 0 Å². The molecule has 65 heavy (non-hydrogen) atoms. The van der Waals surface area contributed by atoms with Crippen molar-refractivity contribution in [3.8, 4) is 0 Å². The third kappa shape index (κ3) is 31.5. The quantitative estimate of drug-likeness (QED) is 0.0180. The first-order chi connectivity index (χ1) is 31.0. The summed E-state index contributed by atoms with van der Waals surface area (Å²) in [4.78, 5) is 13.9. The molecule has 0 radical (unpaired) electrons. The monoisotopic (exact) mass is 1310 g/mol. The summed E-state index contributed by atoms with van der Waals surface area (Å²) in [5.41, 5.74) is 0. The van der Waals surface area contributed by atoms with E-state index in [0.29, 0.717) is 0 Å². The minimum absolute atomic E-state index is 0.376. The van der Waals surface area contributed by atoms with E-state index in [0.717, 1.165) is 208 Å². The molecular weight excluding hydrogens is 1270 g/mol. The maximum Gasteiger partial charge on any atom is 0.335 e. The number of aliphatic hydroxyl groups excluding tert-OH is 15. The highest BCUT2D eigenvalue weighted by Gasteiger charge is 2.63. The van der Waals surface area contributed by atoms with Crippen molar-refractivity contribution in [1.82, 2.24) is 0 Å². The summed E-state index contributed by atoms with van der Waals surface area (Å²) in [5.74, 6) is -1.36. The van der Waals surface area contributed by atoms with E-state index in [1.165, 1.54) is 0 Å². The van der Waals surface area contributed by atoms with Crippen molar-refractivity contribution in [3.05, 3.63) is 0 Å². The first-order valence-electron chi connectivity index (χ1n) is 16.6. The number of aliphatic hydroxyl groups is 15. The molecule has 0 aromatic rings. The van der Waals surface area contributed by atoms with Crippen molar-refractivity contribution in [2.45, 2.75) is 68.5 Å². The third-order valence-electron chi connectivity index (χ3n) is 6.29. The van der Waals surface area contributed by atoms with Crippen LogP contribution in [0.15, 0.2) is 0 Å².